The number of carbonyl (C=O) groups is 1. The first kappa shape index (κ1) is 17.8. The first-order valence-corrected chi connectivity index (χ1v) is 5.69. The van der Waals surface area contributed by atoms with Gasteiger partial charge in [0.05, 0.1) is 12.7 Å². The van der Waals surface area contributed by atoms with E-state index in [1.165, 1.54) is 0 Å². The molecule has 0 bridgehead atoms. The van der Waals surface area contributed by atoms with E-state index in [-0.39, 0.29) is 17.9 Å². The number of aliphatic hydroxyl groups is 2. The molecule has 0 aromatic carbocycles. The molecule has 0 radical (unpaired) electrons. The molecule has 4 heteroatoms. The second-order valence-electron chi connectivity index (χ2n) is 4.98. The van der Waals surface area contributed by atoms with Gasteiger partial charge in [-0.3, -0.25) is 4.79 Å². The lowest BCUT2D eigenvalue weighted by atomic mass is 9.82. The Hall–Kier alpha value is -0.610. The number of hydrogen-bond donors (Lipinski definition) is 3. The average Bonchev–Trinajstić information content (AvgIpc) is 2.17. The SMILES string of the molecule is CC(C)C(O)C(C)(C)CO.CCCC(=O)O. The van der Waals surface area contributed by atoms with Gasteiger partial charge in [-0.05, 0) is 12.3 Å². The summed E-state index contributed by atoms with van der Waals surface area (Å²) in [5.41, 5.74) is -0.367. The average molecular weight is 234 g/mol. The largest absolute Gasteiger partial charge is 0.481 e. The van der Waals surface area contributed by atoms with E-state index in [0.29, 0.717) is 6.42 Å². The summed E-state index contributed by atoms with van der Waals surface area (Å²) in [6.07, 6.45) is 0.604. The van der Waals surface area contributed by atoms with E-state index in [1.807, 2.05) is 34.6 Å². The summed E-state index contributed by atoms with van der Waals surface area (Å²) < 4.78 is 0. The second kappa shape index (κ2) is 8.53. The van der Waals surface area contributed by atoms with Crippen LogP contribution in [0.1, 0.15) is 47.5 Å². The molecule has 0 aromatic rings. The summed E-state index contributed by atoms with van der Waals surface area (Å²) in [6, 6.07) is 0. The number of aliphatic carboxylic acids is 1. The first-order valence-electron chi connectivity index (χ1n) is 5.69. The summed E-state index contributed by atoms with van der Waals surface area (Å²) in [5, 5.41) is 26.3. The van der Waals surface area contributed by atoms with E-state index < -0.39 is 12.1 Å². The van der Waals surface area contributed by atoms with Gasteiger partial charge in [0.2, 0.25) is 0 Å². The van der Waals surface area contributed by atoms with E-state index in [4.69, 9.17) is 10.2 Å². The molecule has 0 saturated heterocycles. The van der Waals surface area contributed by atoms with Crippen LogP contribution in [0.3, 0.4) is 0 Å². The smallest absolute Gasteiger partial charge is 0.303 e. The van der Waals surface area contributed by atoms with E-state index in [2.05, 4.69) is 0 Å². The summed E-state index contributed by atoms with van der Waals surface area (Å²) >= 11 is 0. The van der Waals surface area contributed by atoms with Crippen LogP contribution in [0.2, 0.25) is 0 Å². The van der Waals surface area contributed by atoms with E-state index in [1.54, 1.807) is 0 Å². The minimum atomic E-state index is -0.711. The summed E-state index contributed by atoms with van der Waals surface area (Å²) in [6.45, 7) is 9.49. The monoisotopic (exact) mass is 234 g/mol. The van der Waals surface area contributed by atoms with Crippen molar-refractivity contribution >= 4 is 5.97 Å². The minimum absolute atomic E-state index is 0.0341. The van der Waals surface area contributed by atoms with Crippen LogP contribution in [0.5, 0.6) is 0 Å². The molecule has 0 saturated carbocycles. The fourth-order valence-electron chi connectivity index (χ4n) is 1.21. The third-order valence-corrected chi connectivity index (χ3v) is 2.30. The Balaban J connectivity index is 0. The van der Waals surface area contributed by atoms with Crippen LogP contribution < -0.4 is 0 Å². The number of rotatable bonds is 5. The molecule has 0 amide bonds. The third-order valence-electron chi connectivity index (χ3n) is 2.30. The molecule has 0 heterocycles. The normalized spacial score (nSPS) is 13.0. The third kappa shape index (κ3) is 8.68. The van der Waals surface area contributed by atoms with Gasteiger partial charge in [0.15, 0.2) is 0 Å². The van der Waals surface area contributed by atoms with Gasteiger partial charge in [-0.1, -0.05) is 34.6 Å². The van der Waals surface area contributed by atoms with Crippen molar-refractivity contribution in [3.8, 4) is 0 Å². The molecule has 16 heavy (non-hydrogen) atoms. The zero-order chi connectivity index (χ0) is 13.4. The maximum absolute atomic E-state index is 9.60. The Kier molecular flexibility index (Phi) is 9.48. The highest BCUT2D eigenvalue weighted by Crippen LogP contribution is 2.24. The molecule has 0 aliphatic rings. The Bertz CT molecular complexity index is 187. The molecule has 0 aliphatic carbocycles. The van der Waals surface area contributed by atoms with Gasteiger partial charge in [0, 0.05) is 11.8 Å². The molecular formula is C12H26O4. The zero-order valence-corrected chi connectivity index (χ0v) is 11.0. The molecule has 4 nitrogen and oxygen atoms in total. The molecular weight excluding hydrogens is 208 g/mol. The highest BCUT2D eigenvalue weighted by Gasteiger charge is 2.28. The van der Waals surface area contributed by atoms with Crippen molar-refractivity contribution in [3.05, 3.63) is 0 Å². The quantitative estimate of drug-likeness (QED) is 0.679. The molecule has 0 rings (SSSR count). The molecule has 0 aliphatic heterocycles. The van der Waals surface area contributed by atoms with Crippen molar-refractivity contribution in [1.29, 1.82) is 0 Å². The van der Waals surface area contributed by atoms with Crippen molar-refractivity contribution in [2.45, 2.75) is 53.6 Å². The fourth-order valence-corrected chi connectivity index (χ4v) is 1.21. The van der Waals surface area contributed by atoms with Gasteiger partial charge in [-0.2, -0.15) is 0 Å². The van der Waals surface area contributed by atoms with E-state index in [9.17, 15) is 9.90 Å². The first-order chi connectivity index (χ1) is 7.18. The predicted octanol–water partition coefficient (Wildman–Crippen LogP) is 1.89. The van der Waals surface area contributed by atoms with Crippen molar-refractivity contribution in [2.24, 2.45) is 11.3 Å². The molecule has 1 unspecified atom stereocenters. The molecule has 1 atom stereocenters. The van der Waals surface area contributed by atoms with Gasteiger partial charge < -0.3 is 15.3 Å². The fraction of sp³-hybridized carbons (Fsp3) is 0.917. The molecule has 98 valence electrons. The van der Waals surface area contributed by atoms with Crippen molar-refractivity contribution in [3.63, 3.8) is 0 Å². The van der Waals surface area contributed by atoms with E-state index in [0.717, 1.165) is 6.42 Å². The number of hydrogen-bond acceptors (Lipinski definition) is 3. The van der Waals surface area contributed by atoms with Crippen molar-refractivity contribution in [1.82, 2.24) is 0 Å². The number of carboxylic acids is 1. The van der Waals surface area contributed by atoms with Crippen LogP contribution >= 0.6 is 0 Å². The Labute approximate surface area is 98.3 Å². The summed E-state index contributed by atoms with van der Waals surface area (Å²) in [4.78, 5) is 9.60. The summed E-state index contributed by atoms with van der Waals surface area (Å²) in [7, 11) is 0. The lowest BCUT2D eigenvalue weighted by Crippen LogP contribution is -2.36. The standard InChI is InChI=1S/C8H18O2.C4H8O2/c1-6(2)7(10)8(3,4)5-9;1-2-3-4(5)6/h6-7,9-10H,5H2,1-4H3;2-3H2,1H3,(H,5,6). The maximum atomic E-state index is 9.60. The zero-order valence-electron chi connectivity index (χ0n) is 11.0. The number of aliphatic hydroxyl groups excluding tert-OH is 2. The van der Waals surface area contributed by atoms with Crippen LogP contribution in [0.15, 0.2) is 0 Å². The van der Waals surface area contributed by atoms with Gasteiger partial charge in [-0.15, -0.1) is 0 Å². The number of carboxylic acid groups (broad SMARTS) is 1. The highest BCUT2D eigenvalue weighted by atomic mass is 16.4. The molecule has 3 N–H and O–H groups in total. The van der Waals surface area contributed by atoms with Crippen molar-refractivity contribution < 1.29 is 20.1 Å². The van der Waals surface area contributed by atoms with Crippen LogP contribution in [0.4, 0.5) is 0 Å². The van der Waals surface area contributed by atoms with Gasteiger partial charge in [-0.25, -0.2) is 0 Å². The topological polar surface area (TPSA) is 77.8 Å². The Morgan fingerprint density at radius 3 is 1.81 bits per heavy atom. The lowest BCUT2D eigenvalue weighted by molar-refractivity contribution is -0.137. The molecule has 0 aromatic heterocycles. The van der Waals surface area contributed by atoms with Crippen LogP contribution in [-0.4, -0.2) is 34.0 Å². The maximum Gasteiger partial charge on any atom is 0.303 e. The Morgan fingerprint density at radius 2 is 1.75 bits per heavy atom. The lowest BCUT2D eigenvalue weighted by Gasteiger charge is -2.30. The van der Waals surface area contributed by atoms with Gasteiger partial charge in [0.1, 0.15) is 0 Å². The van der Waals surface area contributed by atoms with Crippen LogP contribution in [0.25, 0.3) is 0 Å². The molecule has 0 fully saturated rings. The minimum Gasteiger partial charge on any atom is -0.481 e. The van der Waals surface area contributed by atoms with Crippen molar-refractivity contribution in [2.75, 3.05) is 6.61 Å². The second-order valence-corrected chi connectivity index (χ2v) is 4.98. The van der Waals surface area contributed by atoms with E-state index >= 15 is 0 Å². The van der Waals surface area contributed by atoms with Gasteiger partial charge in [0.25, 0.3) is 0 Å². The van der Waals surface area contributed by atoms with Crippen LogP contribution in [-0.2, 0) is 4.79 Å². The van der Waals surface area contributed by atoms with Gasteiger partial charge >= 0.3 is 5.97 Å². The Morgan fingerprint density at radius 1 is 1.31 bits per heavy atom. The molecule has 0 spiro atoms. The summed E-state index contributed by atoms with van der Waals surface area (Å²) in [5.74, 6) is -0.500. The predicted molar refractivity (Wildman–Crippen MR) is 64.3 cm³/mol. The highest BCUT2D eigenvalue weighted by molar-refractivity contribution is 5.66. The van der Waals surface area contributed by atoms with Crippen LogP contribution in [0, 0.1) is 11.3 Å².